The number of pyridine rings is 1. The Morgan fingerprint density at radius 2 is 1.62 bits per heavy atom. The number of carbonyl (C=O) groups excluding carboxylic acids is 2. The number of Topliss-reactive ketones (excluding diaryl/α,β-unsaturated/α-hetero) is 1. The first-order chi connectivity index (χ1) is 15.6. The predicted molar refractivity (Wildman–Crippen MR) is 129 cm³/mol. The summed E-state index contributed by atoms with van der Waals surface area (Å²) in [5, 5.41) is 0. The minimum Gasteiger partial charge on any atom is -0.309 e. The van der Waals surface area contributed by atoms with Crippen LogP contribution in [-0.4, -0.2) is 22.7 Å². The van der Waals surface area contributed by atoms with Crippen molar-refractivity contribution in [1.29, 1.82) is 0 Å². The highest BCUT2D eigenvalue weighted by Gasteiger charge is 2.29. The SMILES string of the molecule is CCC(=O)N(c1ccc(-c2ccc(C(=O)CCc3cccnc3C)cc2)cc1)C1CCC1. The predicted octanol–water partition coefficient (Wildman–Crippen LogP) is 6.17. The van der Waals surface area contributed by atoms with Crippen molar-refractivity contribution < 1.29 is 9.59 Å². The molecule has 1 aliphatic rings. The number of carbonyl (C=O) groups is 2. The lowest BCUT2D eigenvalue weighted by Gasteiger charge is -2.37. The van der Waals surface area contributed by atoms with E-state index in [2.05, 4.69) is 17.1 Å². The topological polar surface area (TPSA) is 50.3 Å². The lowest BCUT2D eigenvalue weighted by atomic mass is 9.90. The number of amides is 1. The van der Waals surface area contributed by atoms with Crippen LogP contribution in [0.3, 0.4) is 0 Å². The van der Waals surface area contributed by atoms with Gasteiger partial charge in [-0.3, -0.25) is 14.6 Å². The quantitative estimate of drug-likeness (QED) is 0.405. The molecule has 1 aromatic heterocycles. The first-order valence-electron chi connectivity index (χ1n) is 11.5. The summed E-state index contributed by atoms with van der Waals surface area (Å²) < 4.78 is 0. The van der Waals surface area contributed by atoms with Gasteiger partial charge in [-0.15, -0.1) is 0 Å². The molecule has 0 saturated heterocycles. The first-order valence-corrected chi connectivity index (χ1v) is 11.5. The Balaban J connectivity index is 1.42. The molecule has 0 aliphatic heterocycles. The van der Waals surface area contributed by atoms with Crippen LogP contribution in [0.15, 0.2) is 66.9 Å². The Bertz CT molecular complexity index is 1080. The molecule has 0 unspecified atom stereocenters. The van der Waals surface area contributed by atoms with Crippen molar-refractivity contribution >= 4 is 17.4 Å². The Kier molecular flexibility index (Phi) is 6.79. The van der Waals surface area contributed by atoms with E-state index in [0.29, 0.717) is 25.3 Å². The summed E-state index contributed by atoms with van der Waals surface area (Å²) in [7, 11) is 0. The van der Waals surface area contributed by atoms with E-state index in [-0.39, 0.29) is 11.7 Å². The van der Waals surface area contributed by atoms with E-state index in [0.717, 1.165) is 46.5 Å². The Labute approximate surface area is 190 Å². The highest BCUT2D eigenvalue weighted by Crippen LogP contribution is 2.32. The number of hydrogen-bond donors (Lipinski definition) is 0. The second kappa shape index (κ2) is 9.90. The van der Waals surface area contributed by atoms with Gasteiger partial charge in [0.1, 0.15) is 0 Å². The second-order valence-electron chi connectivity index (χ2n) is 8.50. The normalized spacial score (nSPS) is 13.4. The summed E-state index contributed by atoms with van der Waals surface area (Å²) in [6.07, 6.45) is 6.85. The fourth-order valence-corrected chi connectivity index (χ4v) is 4.21. The molecule has 4 heteroatoms. The summed E-state index contributed by atoms with van der Waals surface area (Å²) >= 11 is 0. The van der Waals surface area contributed by atoms with Crippen molar-refractivity contribution in [2.24, 2.45) is 0 Å². The molecule has 1 amide bonds. The zero-order valence-electron chi connectivity index (χ0n) is 18.9. The second-order valence-corrected chi connectivity index (χ2v) is 8.50. The van der Waals surface area contributed by atoms with E-state index >= 15 is 0 Å². The third kappa shape index (κ3) is 4.80. The highest BCUT2D eigenvalue weighted by molar-refractivity contribution is 5.97. The van der Waals surface area contributed by atoms with Crippen LogP contribution in [0.25, 0.3) is 11.1 Å². The van der Waals surface area contributed by atoms with Crippen LogP contribution in [0.5, 0.6) is 0 Å². The maximum atomic E-state index is 12.6. The molecular formula is C28H30N2O2. The molecule has 32 heavy (non-hydrogen) atoms. The zero-order chi connectivity index (χ0) is 22.5. The molecule has 0 N–H and O–H groups in total. The summed E-state index contributed by atoms with van der Waals surface area (Å²) in [6, 6.07) is 20.3. The van der Waals surface area contributed by atoms with E-state index in [1.54, 1.807) is 6.20 Å². The Morgan fingerprint density at radius 1 is 0.969 bits per heavy atom. The maximum Gasteiger partial charge on any atom is 0.226 e. The number of benzene rings is 2. The van der Waals surface area contributed by atoms with Gasteiger partial charge in [-0.1, -0.05) is 49.4 Å². The number of rotatable bonds is 8. The number of aromatic nitrogens is 1. The smallest absolute Gasteiger partial charge is 0.226 e. The fraction of sp³-hybridized carbons (Fsp3) is 0.321. The summed E-state index contributed by atoms with van der Waals surface area (Å²) in [5.74, 6) is 0.330. The molecule has 0 atom stereocenters. The van der Waals surface area contributed by atoms with Crippen molar-refractivity contribution in [3.05, 3.63) is 83.7 Å². The van der Waals surface area contributed by atoms with Crippen LogP contribution in [0.2, 0.25) is 0 Å². The number of nitrogens with zero attached hydrogens (tertiary/aromatic N) is 2. The van der Waals surface area contributed by atoms with Gasteiger partial charge in [0, 0.05) is 42.0 Å². The molecule has 1 saturated carbocycles. The molecule has 4 rings (SSSR count). The average Bonchev–Trinajstić information content (AvgIpc) is 2.80. The van der Waals surface area contributed by atoms with Crippen LogP contribution in [0.1, 0.15) is 60.6 Å². The van der Waals surface area contributed by atoms with Crippen molar-refractivity contribution in [3.63, 3.8) is 0 Å². The van der Waals surface area contributed by atoms with Gasteiger partial charge in [0.05, 0.1) is 0 Å². The number of hydrogen-bond acceptors (Lipinski definition) is 3. The molecule has 164 valence electrons. The zero-order valence-corrected chi connectivity index (χ0v) is 18.9. The van der Waals surface area contributed by atoms with Crippen molar-refractivity contribution in [3.8, 4) is 11.1 Å². The van der Waals surface area contributed by atoms with Crippen LogP contribution in [0, 0.1) is 6.92 Å². The maximum absolute atomic E-state index is 12.6. The van der Waals surface area contributed by atoms with Crippen molar-refractivity contribution in [1.82, 2.24) is 4.98 Å². The van der Waals surface area contributed by atoms with E-state index in [4.69, 9.17) is 0 Å². The summed E-state index contributed by atoms with van der Waals surface area (Å²) in [4.78, 5) is 31.3. The van der Waals surface area contributed by atoms with E-state index < -0.39 is 0 Å². The first kappa shape index (κ1) is 21.9. The van der Waals surface area contributed by atoms with Crippen molar-refractivity contribution in [2.75, 3.05) is 4.90 Å². The summed E-state index contributed by atoms with van der Waals surface area (Å²) in [5.41, 5.74) is 5.95. The Hall–Kier alpha value is -3.27. The van der Waals surface area contributed by atoms with Gasteiger partial charge in [-0.05, 0) is 67.5 Å². The van der Waals surface area contributed by atoms with Crippen LogP contribution < -0.4 is 4.90 Å². The third-order valence-corrected chi connectivity index (χ3v) is 6.43. The molecule has 0 bridgehead atoms. The monoisotopic (exact) mass is 426 g/mol. The molecular weight excluding hydrogens is 396 g/mol. The van der Waals surface area contributed by atoms with Gasteiger partial charge >= 0.3 is 0 Å². The average molecular weight is 427 g/mol. The van der Waals surface area contributed by atoms with Crippen LogP contribution in [0.4, 0.5) is 5.69 Å². The molecule has 0 spiro atoms. The standard InChI is InChI=1S/C28H30N2O2/c1-3-28(32)30(25-7-4-8-25)26-16-13-23(14-17-26)22-9-11-24(12-10-22)27(31)18-15-21-6-5-19-29-20(21)2/h5-6,9-14,16-17,19,25H,3-4,7-8,15,18H2,1-2H3. The van der Waals surface area contributed by atoms with Gasteiger partial charge in [0.2, 0.25) is 5.91 Å². The molecule has 1 fully saturated rings. The summed E-state index contributed by atoms with van der Waals surface area (Å²) in [6.45, 7) is 3.90. The minimum atomic E-state index is 0.143. The largest absolute Gasteiger partial charge is 0.309 e. The highest BCUT2D eigenvalue weighted by atomic mass is 16.2. The van der Waals surface area contributed by atoms with Crippen LogP contribution in [-0.2, 0) is 11.2 Å². The molecule has 0 radical (unpaired) electrons. The van der Waals surface area contributed by atoms with Gasteiger partial charge in [-0.25, -0.2) is 0 Å². The van der Waals surface area contributed by atoms with E-state index in [1.807, 2.05) is 67.3 Å². The van der Waals surface area contributed by atoms with Gasteiger partial charge in [-0.2, -0.15) is 0 Å². The van der Waals surface area contributed by atoms with Crippen LogP contribution >= 0.6 is 0 Å². The van der Waals surface area contributed by atoms with Gasteiger partial charge in [0.25, 0.3) is 0 Å². The molecule has 1 heterocycles. The minimum absolute atomic E-state index is 0.143. The lowest BCUT2D eigenvalue weighted by molar-refractivity contribution is -0.119. The van der Waals surface area contributed by atoms with E-state index in [1.165, 1.54) is 6.42 Å². The lowest BCUT2D eigenvalue weighted by Crippen LogP contribution is -2.44. The van der Waals surface area contributed by atoms with Gasteiger partial charge < -0.3 is 4.90 Å². The fourth-order valence-electron chi connectivity index (χ4n) is 4.21. The van der Waals surface area contributed by atoms with E-state index in [9.17, 15) is 9.59 Å². The third-order valence-electron chi connectivity index (χ3n) is 6.43. The number of ketones is 1. The van der Waals surface area contributed by atoms with Gasteiger partial charge in [0.15, 0.2) is 5.78 Å². The molecule has 3 aromatic rings. The van der Waals surface area contributed by atoms with Crippen molar-refractivity contribution in [2.45, 2.75) is 58.4 Å². The molecule has 4 nitrogen and oxygen atoms in total. The number of aryl methyl sites for hydroxylation is 2. The molecule has 2 aromatic carbocycles. The Morgan fingerprint density at radius 3 is 2.19 bits per heavy atom. The molecule has 1 aliphatic carbocycles. The number of anilines is 1.